The average Bonchev–Trinajstić information content (AvgIpc) is 2.43. The average molecular weight is 250 g/mol. The van der Waals surface area contributed by atoms with Gasteiger partial charge in [-0.1, -0.05) is 12.1 Å². The molecule has 0 bridgehead atoms. The SMILES string of the molecule is Fc1ccc(F)cc1.c1ccc2c(c1)OCCO2. The summed E-state index contributed by atoms with van der Waals surface area (Å²) in [7, 11) is 0. The van der Waals surface area contributed by atoms with Crippen molar-refractivity contribution in [1.29, 1.82) is 0 Å². The Kier molecular flexibility index (Phi) is 4.12. The number of rotatable bonds is 0. The van der Waals surface area contributed by atoms with E-state index in [2.05, 4.69) is 0 Å². The second-order valence-electron chi connectivity index (χ2n) is 3.58. The van der Waals surface area contributed by atoms with Crippen molar-refractivity contribution in [1.82, 2.24) is 0 Å². The molecule has 1 heterocycles. The first-order valence-corrected chi connectivity index (χ1v) is 5.51. The molecule has 3 rings (SSSR count). The Morgan fingerprint density at radius 1 is 0.667 bits per heavy atom. The summed E-state index contributed by atoms with van der Waals surface area (Å²) >= 11 is 0. The van der Waals surface area contributed by atoms with E-state index in [1.807, 2.05) is 24.3 Å². The summed E-state index contributed by atoms with van der Waals surface area (Å²) in [4.78, 5) is 0. The molecule has 1 aliphatic heterocycles. The quantitative estimate of drug-likeness (QED) is 0.713. The fourth-order valence-electron chi connectivity index (χ4n) is 1.42. The predicted molar refractivity (Wildman–Crippen MR) is 63.8 cm³/mol. The fourth-order valence-corrected chi connectivity index (χ4v) is 1.42. The van der Waals surface area contributed by atoms with Crippen molar-refractivity contribution in [3.05, 3.63) is 60.2 Å². The number of hydrogen-bond donors (Lipinski definition) is 0. The Morgan fingerprint density at radius 2 is 1.06 bits per heavy atom. The van der Waals surface area contributed by atoms with Gasteiger partial charge in [0, 0.05) is 0 Å². The third-order valence-electron chi connectivity index (χ3n) is 2.25. The largest absolute Gasteiger partial charge is 0.486 e. The molecule has 2 nitrogen and oxygen atoms in total. The topological polar surface area (TPSA) is 18.5 Å². The molecule has 94 valence electrons. The minimum atomic E-state index is -0.411. The van der Waals surface area contributed by atoms with Gasteiger partial charge in [-0.3, -0.25) is 0 Å². The smallest absolute Gasteiger partial charge is 0.161 e. The number of para-hydroxylation sites is 2. The van der Waals surface area contributed by atoms with Crippen LogP contribution in [0.5, 0.6) is 11.5 Å². The van der Waals surface area contributed by atoms with E-state index in [0.29, 0.717) is 13.2 Å². The molecule has 2 aromatic rings. The van der Waals surface area contributed by atoms with Crippen molar-refractivity contribution < 1.29 is 18.3 Å². The van der Waals surface area contributed by atoms with Crippen LogP contribution in [0.1, 0.15) is 0 Å². The van der Waals surface area contributed by atoms with Gasteiger partial charge in [0.2, 0.25) is 0 Å². The number of hydrogen-bond acceptors (Lipinski definition) is 2. The molecule has 0 aliphatic carbocycles. The molecule has 0 N–H and O–H groups in total. The summed E-state index contributed by atoms with van der Waals surface area (Å²) in [5, 5.41) is 0. The molecule has 0 aromatic heterocycles. The number of ether oxygens (including phenoxy) is 2. The minimum Gasteiger partial charge on any atom is -0.486 e. The summed E-state index contributed by atoms with van der Waals surface area (Å²) in [6.45, 7) is 1.33. The van der Waals surface area contributed by atoms with Gasteiger partial charge in [-0.15, -0.1) is 0 Å². The van der Waals surface area contributed by atoms with Crippen molar-refractivity contribution in [3.8, 4) is 11.5 Å². The Labute approximate surface area is 104 Å². The zero-order valence-electron chi connectivity index (χ0n) is 9.61. The highest BCUT2D eigenvalue weighted by molar-refractivity contribution is 5.40. The summed E-state index contributed by atoms with van der Waals surface area (Å²) in [6.07, 6.45) is 0. The Hall–Kier alpha value is -2.10. The van der Waals surface area contributed by atoms with Crippen LogP contribution < -0.4 is 9.47 Å². The van der Waals surface area contributed by atoms with Crippen LogP contribution in [-0.4, -0.2) is 13.2 Å². The van der Waals surface area contributed by atoms with Crippen LogP contribution >= 0.6 is 0 Å². The third kappa shape index (κ3) is 3.45. The molecule has 0 saturated carbocycles. The lowest BCUT2D eigenvalue weighted by Gasteiger charge is -2.17. The van der Waals surface area contributed by atoms with Gasteiger partial charge in [0.25, 0.3) is 0 Å². The van der Waals surface area contributed by atoms with E-state index in [1.165, 1.54) is 0 Å². The van der Waals surface area contributed by atoms with Gasteiger partial charge < -0.3 is 9.47 Å². The highest BCUT2D eigenvalue weighted by atomic mass is 19.1. The second kappa shape index (κ2) is 6.00. The zero-order chi connectivity index (χ0) is 12.8. The fraction of sp³-hybridized carbons (Fsp3) is 0.143. The molecule has 2 aromatic carbocycles. The van der Waals surface area contributed by atoms with Crippen LogP contribution in [0.4, 0.5) is 8.78 Å². The van der Waals surface area contributed by atoms with Crippen molar-refractivity contribution in [2.24, 2.45) is 0 Å². The molecular weight excluding hydrogens is 238 g/mol. The molecule has 0 saturated heterocycles. The van der Waals surface area contributed by atoms with Crippen LogP contribution in [-0.2, 0) is 0 Å². The zero-order valence-corrected chi connectivity index (χ0v) is 9.61. The van der Waals surface area contributed by atoms with Gasteiger partial charge in [0.05, 0.1) is 0 Å². The van der Waals surface area contributed by atoms with E-state index < -0.39 is 11.6 Å². The molecule has 0 unspecified atom stereocenters. The maximum atomic E-state index is 11.9. The Bertz CT molecular complexity index is 451. The molecule has 0 radical (unpaired) electrons. The molecule has 1 aliphatic rings. The monoisotopic (exact) mass is 250 g/mol. The lowest BCUT2D eigenvalue weighted by Crippen LogP contribution is -2.14. The van der Waals surface area contributed by atoms with E-state index in [-0.39, 0.29) is 0 Å². The summed E-state index contributed by atoms with van der Waals surface area (Å²) < 4.78 is 34.4. The second-order valence-corrected chi connectivity index (χ2v) is 3.58. The van der Waals surface area contributed by atoms with E-state index >= 15 is 0 Å². The lowest BCUT2D eigenvalue weighted by atomic mass is 10.3. The highest BCUT2D eigenvalue weighted by Crippen LogP contribution is 2.28. The minimum absolute atomic E-state index is 0.411. The molecule has 18 heavy (non-hydrogen) atoms. The molecule has 0 amide bonds. The maximum absolute atomic E-state index is 11.9. The first-order valence-electron chi connectivity index (χ1n) is 5.51. The van der Waals surface area contributed by atoms with Gasteiger partial charge in [0.1, 0.15) is 24.8 Å². The van der Waals surface area contributed by atoms with E-state index in [0.717, 1.165) is 35.8 Å². The first-order chi connectivity index (χ1) is 8.75. The predicted octanol–water partition coefficient (Wildman–Crippen LogP) is 3.42. The van der Waals surface area contributed by atoms with E-state index in [9.17, 15) is 8.78 Å². The first kappa shape index (κ1) is 12.4. The molecule has 0 spiro atoms. The van der Waals surface area contributed by atoms with Crippen molar-refractivity contribution >= 4 is 0 Å². The third-order valence-corrected chi connectivity index (χ3v) is 2.25. The summed E-state index contributed by atoms with van der Waals surface area (Å²) in [6, 6.07) is 12.0. The van der Waals surface area contributed by atoms with Crippen molar-refractivity contribution in [2.75, 3.05) is 13.2 Å². The van der Waals surface area contributed by atoms with Gasteiger partial charge in [-0.25, -0.2) is 8.78 Å². The lowest BCUT2D eigenvalue weighted by molar-refractivity contribution is 0.171. The summed E-state index contributed by atoms with van der Waals surface area (Å²) in [5.74, 6) is 0.889. The van der Waals surface area contributed by atoms with E-state index in [1.54, 1.807) is 0 Å². The van der Waals surface area contributed by atoms with Gasteiger partial charge >= 0.3 is 0 Å². The van der Waals surface area contributed by atoms with Gasteiger partial charge in [-0.05, 0) is 36.4 Å². The van der Waals surface area contributed by atoms with Crippen LogP contribution in [0, 0.1) is 11.6 Å². The molecule has 0 fully saturated rings. The number of halogens is 2. The molecule has 4 heteroatoms. The number of fused-ring (bicyclic) bond motifs is 1. The van der Waals surface area contributed by atoms with Crippen molar-refractivity contribution in [2.45, 2.75) is 0 Å². The Morgan fingerprint density at radius 3 is 1.44 bits per heavy atom. The summed E-state index contributed by atoms with van der Waals surface area (Å²) in [5.41, 5.74) is 0. The number of benzene rings is 2. The standard InChI is InChI=1S/C8H8O2.C6H4F2/c1-2-4-8-7(3-1)9-5-6-10-8;7-5-1-2-6(8)4-3-5/h1-4H,5-6H2;1-4H. The maximum Gasteiger partial charge on any atom is 0.161 e. The van der Waals surface area contributed by atoms with Gasteiger partial charge in [-0.2, -0.15) is 0 Å². The Balaban J connectivity index is 0.000000138. The van der Waals surface area contributed by atoms with Gasteiger partial charge in [0.15, 0.2) is 11.5 Å². The molecular formula is C14H12F2O2. The van der Waals surface area contributed by atoms with Crippen LogP contribution in [0.3, 0.4) is 0 Å². The van der Waals surface area contributed by atoms with Crippen LogP contribution in [0.2, 0.25) is 0 Å². The van der Waals surface area contributed by atoms with Crippen LogP contribution in [0.15, 0.2) is 48.5 Å². The normalized spacial score (nSPS) is 12.3. The molecule has 0 atom stereocenters. The van der Waals surface area contributed by atoms with E-state index in [4.69, 9.17) is 9.47 Å². The highest BCUT2D eigenvalue weighted by Gasteiger charge is 2.07. The van der Waals surface area contributed by atoms with Crippen LogP contribution in [0.25, 0.3) is 0 Å². The van der Waals surface area contributed by atoms with Crippen molar-refractivity contribution in [3.63, 3.8) is 0 Å².